The summed E-state index contributed by atoms with van der Waals surface area (Å²) in [5, 5.41) is 0. The van der Waals surface area contributed by atoms with E-state index in [0.717, 1.165) is 29.2 Å². The van der Waals surface area contributed by atoms with Crippen molar-refractivity contribution < 1.29 is 4.74 Å². The predicted molar refractivity (Wildman–Crippen MR) is 88.3 cm³/mol. The summed E-state index contributed by atoms with van der Waals surface area (Å²) in [5.41, 5.74) is 0. The lowest BCUT2D eigenvalue weighted by molar-refractivity contribution is 0.187. The SMILES string of the molecule is CC1CCN(CCCCCOc2ccccc2Br)CC1. The van der Waals surface area contributed by atoms with Crippen molar-refractivity contribution in [3.05, 3.63) is 28.7 Å². The van der Waals surface area contributed by atoms with Gasteiger partial charge in [-0.15, -0.1) is 0 Å². The van der Waals surface area contributed by atoms with Gasteiger partial charge in [0.2, 0.25) is 0 Å². The van der Waals surface area contributed by atoms with E-state index >= 15 is 0 Å². The average Bonchev–Trinajstić information content (AvgIpc) is 2.46. The van der Waals surface area contributed by atoms with Crippen LogP contribution in [0.25, 0.3) is 0 Å². The van der Waals surface area contributed by atoms with E-state index < -0.39 is 0 Å². The molecule has 1 saturated heterocycles. The Bertz CT molecular complexity index is 388. The van der Waals surface area contributed by atoms with E-state index in [0.29, 0.717) is 0 Å². The molecule has 0 aliphatic carbocycles. The van der Waals surface area contributed by atoms with Gasteiger partial charge in [0.15, 0.2) is 0 Å². The van der Waals surface area contributed by atoms with Crippen LogP contribution in [-0.2, 0) is 0 Å². The third kappa shape index (κ3) is 5.45. The molecule has 0 spiro atoms. The highest BCUT2D eigenvalue weighted by Crippen LogP contribution is 2.24. The topological polar surface area (TPSA) is 12.5 Å². The number of piperidine rings is 1. The van der Waals surface area contributed by atoms with E-state index in [1.165, 1.54) is 45.3 Å². The largest absolute Gasteiger partial charge is 0.492 e. The smallest absolute Gasteiger partial charge is 0.133 e. The zero-order chi connectivity index (χ0) is 14.2. The highest BCUT2D eigenvalue weighted by molar-refractivity contribution is 9.10. The summed E-state index contributed by atoms with van der Waals surface area (Å²) >= 11 is 3.50. The number of nitrogens with zero attached hydrogens (tertiary/aromatic N) is 1. The molecular formula is C17H26BrNO. The summed E-state index contributed by atoms with van der Waals surface area (Å²) in [6.07, 6.45) is 6.46. The molecule has 0 saturated carbocycles. The fraction of sp³-hybridized carbons (Fsp3) is 0.647. The van der Waals surface area contributed by atoms with Gasteiger partial charge in [-0.05, 0) is 85.7 Å². The van der Waals surface area contributed by atoms with Gasteiger partial charge in [-0.2, -0.15) is 0 Å². The molecule has 1 aromatic carbocycles. The number of benzene rings is 1. The van der Waals surface area contributed by atoms with E-state index in [9.17, 15) is 0 Å². The van der Waals surface area contributed by atoms with E-state index in [-0.39, 0.29) is 0 Å². The van der Waals surface area contributed by atoms with Crippen molar-refractivity contribution in [3.8, 4) is 5.75 Å². The van der Waals surface area contributed by atoms with Gasteiger partial charge in [0.05, 0.1) is 11.1 Å². The molecule has 1 heterocycles. The molecule has 0 atom stereocenters. The van der Waals surface area contributed by atoms with Gasteiger partial charge in [0.1, 0.15) is 5.75 Å². The fourth-order valence-corrected chi connectivity index (χ4v) is 3.04. The maximum atomic E-state index is 5.78. The number of hydrogen-bond donors (Lipinski definition) is 0. The molecule has 0 amide bonds. The monoisotopic (exact) mass is 339 g/mol. The fourth-order valence-electron chi connectivity index (χ4n) is 2.64. The molecule has 2 nitrogen and oxygen atoms in total. The number of ether oxygens (including phenoxy) is 1. The van der Waals surface area contributed by atoms with E-state index in [1.54, 1.807) is 0 Å². The van der Waals surface area contributed by atoms with Gasteiger partial charge < -0.3 is 9.64 Å². The minimum absolute atomic E-state index is 0.819. The van der Waals surface area contributed by atoms with E-state index in [2.05, 4.69) is 27.8 Å². The van der Waals surface area contributed by atoms with Crippen molar-refractivity contribution >= 4 is 15.9 Å². The zero-order valence-corrected chi connectivity index (χ0v) is 14.1. The van der Waals surface area contributed by atoms with Crippen LogP contribution in [0, 0.1) is 5.92 Å². The van der Waals surface area contributed by atoms with Gasteiger partial charge in [-0.3, -0.25) is 0 Å². The maximum absolute atomic E-state index is 5.78. The Morgan fingerprint density at radius 3 is 2.65 bits per heavy atom. The second kappa shape index (κ2) is 8.68. The molecule has 20 heavy (non-hydrogen) atoms. The zero-order valence-electron chi connectivity index (χ0n) is 12.5. The summed E-state index contributed by atoms with van der Waals surface area (Å²) in [7, 11) is 0. The van der Waals surface area contributed by atoms with Gasteiger partial charge >= 0.3 is 0 Å². The molecule has 0 aromatic heterocycles. The molecule has 1 aliphatic heterocycles. The third-order valence-electron chi connectivity index (χ3n) is 4.09. The summed E-state index contributed by atoms with van der Waals surface area (Å²) in [5.74, 6) is 1.89. The van der Waals surface area contributed by atoms with Crippen LogP contribution in [0.3, 0.4) is 0 Å². The molecule has 3 heteroatoms. The molecule has 1 fully saturated rings. The quantitative estimate of drug-likeness (QED) is 0.666. The van der Waals surface area contributed by atoms with Crippen LogP contribution < -0.4 is 4.74 Å². The molecule has 1 aromatic rings. The highest BCUT2D eigenvalue weighted by Gasteiger charge is 2.14. The minimum Gasteiger partial charge on any atom is -0.492 e. The lowest BCUT2D eigenvalue weighted by Gasteiger charge is -2.30. The summed E-state index contributed by atoms with van der Waals surface area (Å²) in [6.45, 7) is 7.06. The summed E-state index contributed by atoms with van der Waals surface area (Å²) in [4.78, 5) is 2.62. The van der Waals surface area contributed by atoms with Crippen LogP contribution in [0.5, 0.6) is 5.75 Å². The maximum Gasteiger partial charge on any atom is 0.133 e. The highest BCUT2D eigenvalue weighted by atomic mass is 79.9. The Balaban J connectivity index is 1.51. The van der Waals surface area contributed by atoms with Crippen LogP contribution in [0.1, 0.15) is 39.0 Å². The second-order valence-electron chi connectivity index (χ2n) is 5.86. The number of unbranched alkanes of at least 4 members (excludes halogenated alkanes) is 2. The number of rotatable bonds is 7. The predicted octanol–water partition coefficient (Wildman–Crippen LogP) is 4.73. The van der Waals surface area contributed by atoms with Crippen LogP contribution in [-0.4, -0.2) is 31.1 Å². The molecule has 0 radical (unpaired) electrons. The van der Waals surface area contributed by atoms with Crippen LogP contribution in [0.4, 0.5) is 0 Å². The molecule has 1 aliphatic rings. The first kappa shape index (κ1) is 15.8. The standard InChI is InChI=1S/C17H26BrNO/c1-15-9-12-19(13-10-15)11-5-2-6-14-20-17-8-4-3-7-16(17)18/h3-4,7-8,15H,2,5-6,9-14H2,1H3. The Labute approximate surface area is 131 Å². The van der Waals surface area contributed by atoms with Gasteiger partial charge in [0.25, 0.3) is 0 Å². The number of para-hydroxylation sites is 1. The average molecular weight is 340 g/mol. The normalized spacial score (nSPS) is 17.3. The molecule has 0 bridgehead atoms. The molecule has 112 valence electrons. The van der Waals surface area contributed by atoms with Crippen molar-refractivity contribution in [1.29, 1.82) is 0 Å². The summed E-state index contributed by atoms with van der Waals surface area (Å²) < 4.78 is 6.83. The van der Waals surface area contributed by atoms with Crippen molar-refractivity contribution in [2.24, 2.45) is 5.92 Å². The molecule has 0 unspecified atom stereocenters. The van der Waals surface area contributed by atoms with Crippen molar-refractivity contribution in [3.63, 3.8) is 0 Å². The first-order chi connectivity index (χ1) is 9.75. The van der Waals surface area contributed by atoms with E-state index in [1.807, 2.05) is 24.3 Å². The minimum atomic E-state index is 0.819. The molecular weight excluding hydrogens is 314 g/mol. The lowest BCUT2D eigenvalue weighted by Crippen LogP contribution is -2.33. The Morgan fingerprint density at radius 1 is 1.15 bits per heavy atom. The molecule has 0 N–H and O–H groups in total. The Hall–Kier alpha value is -0.540. The Kier molecular flexibility index (Phi) is 6.88. The van der Waals surface area contributed by atoms with Gasteiger partial charge in [-0.1, -0.05) is 19.1 Å². The van der Waals surface area contributed by atoms with Crippen molar-refractivity contribution in [1.82, 2.24) is 4.90 Å². The van der Waals surface area contributed by atoms with Crippen LogP contribution in [0.2, 0.25) is 0 Å². The lowest BCUT2D eigenvalue weighted by atomic mass is 9.99. The third-order valence-corrected chi connectivity index (χ3v) is 4.74. The molecule has 2 rings (SSSR count). The van der Waals surface area contributed by atoms with Gasteiger partial charge in [0, 0.05) is 0 Å². The van der Waals surface area contributed by atoms with Crippen LogP contribution in [0.15, 0.2) is 28.7 Å². The number of hydrogen-bond acceptors (Lipinski definition) is 2. The number of likely N-dealkylation sites (tertiary alicyclic amines) is 1. The van der Waals surface area contributed by atoms with Crippen LogP contribution >= 0.6 is 15.9 Å². The number of halogens is 1. The second-order valence-corrected chi connectivity index (χ2v) is 6.72. The van der Waals surface area contributed by atoms with Crippen molar-refractivity contribution in [2.45, 2.75) is 39.0 Å². The summed E-state index contributed by atoms with van der Waals surface area (Å²) in [6, 6.07) is 8.06. The Morgan fingerprint density at radius 2 is 1.90 bits per heavy atom. The van der Waals surface area contributed by atoms with Crippen molar-refractivity contribution in [2.75, 3.05) is 26.2 Å². The first-order valence-corrected chi connectivity index (χ1v) is 8.64. The van der Waals surface area contributed by atoms with Gasteiger partial charge in [-0.25, -0.2) is 0 Å². The van der Waals surface area contributed by atoms with E-state index in [4.69, 9.17) is 4.74 Å². The first-order valence-electron chi connectivity index (χ1n) is 7.85.